The number of thiophene rings is 1. The molecule has 0 aliphatic rings. The summed E-state index contributed by atoms with van der Waals surface area (Å²) in [7, 11) is 0. The van der Waals surface area contributed by atoms with Gasteiger partial charge < -0.3 is 4.42 Å². The average molecular weight is 685 g/mol. The molecule has 0 fully saturated rings. The van der Waals surface area contributed by atoms with Gasteiger partial charge in [-0.15, -0.1) is 11.3 Å². The third kappa shape index (κ3) is 5.07. The van der Waals surface area contributed by atoms with Gasteiger partial charge in [-0.2, -0.15) is 5.26 Å². The summed E-state index contributed by atoms with van der Waals surface area (Å²) in [5.41, 5.74) is 8.17. The molecule has 4 aromatic heterocycles. The second kappa shape index (κ2) is 12.1. The summed E-state index contributed by atoms with van der Waals surface area (Å²) in [5.74, 6) is 2.38. The Labute approximate surface area is 301 Å². The lowest BCUT2D eigenvalue weighted by atomic mass is 10.1. The van der Waals surface area contributed by atoms with E-state index in [2.05, 4.69) is 30.3 Å². The van der Waals surface area contributed by atoms with Crippen LogP contribution in [0.25, 0.3) is 99.1 Å². The largest absolute Gasteiger partial charge is 0.456 e. The summed E-state index contributed by atoms with van der Waals surface area (Å²) < 4.78 is 8.56. The van der Waals surface area contributed by atoms with E-state index in [4.69, 9.17) is 29.3 Å². The van der Waals surface area contributed by atoms with Crippen molar-refractivity contribution in [1.29, 1.82) is 5.26 Å². The van der Waals surface area contributed by atoms with E-state index < -0.39 is 0 Å². The Morgan fingerprint density at radius 2 is 1.10 bits per heavy atom. The van der Waals surface area contributed by atoms with E-state index in [1.165, 1.54) is 0 Å². The number of rotatable bonds is 5. The summed E-state index contributed by atoms with van der Waals surface area (Å²) in [6.07, 6.45) is 0. The molecule has 242 valence electrons. The van der Waals surface area contributed by atoms with Crippen LogP contribution in [-0.4, -0.2) is 24.9 Å². The number of fused-ring (bicyclic) bond motifs is 6. The molecule has 0 unspecified atom stereocenters. The number of hydrogen-bond donors (Lipinski definition) is 0. The fourth-order valence-electron chi connectivity index (χ4n) is 6.64. The number of hydrogen-bond acceptors (Lipinski definition) is 8. The minimum atomic E-state index is 0.563. The zero-order valence-corrected chi connectivity index (χ0v) is 28.2. The van der Waals surface area contributed by atoms with E-state index in [0.717, 1.165) is 75.8 Å². The highest BCUT2D eigenvalue weighted by Crippen LogP contribution is 2.40. The van der Waals surface area contributed by atoms with Crippen LogP contribution in [0, 0.1) is 11.3 Å². The van der Waals surface area contributed by atoms with Gasteiger partial charge in [-0.05, 0) is 48.5 Å². The van der Waals surface area contributed by atoms with Crippen LogP contribution < -0.4 is 0 Å². The number of nitrogens with zero attached hydrogens (tertiary/aromatic N) is 6. The topological polar surface area (TPSA) is 101 Å². The molecule has 52 heavy (non-hydrogen) atoms. The molecule has 4 heterocycles. The first-order valence-corrected chi connectivity index (χ1v) is 17.5. The molecule has 6 aromatic carbocycles. The van der Waals surface area contributed by atoms with Crippen LogP contribution in [0.2, 0.25) is 0 Å². The van der Waals surface area contributed by atoms with Gasteiger partial charge in [-0.25, -0.2) is 24.9 Å². The van der Waals surface area contributed by atoms with Crippen molar-refractivity contribution in [3.8, 4) is 62.9 Å². The SMILES string of the molecule is N#Cc1cccc(-c2nc(-c3ccc4oc5cc(-c6nc(-c7ccccc7)nc(-c7ccccc7)n6)ccc5c4c3)nc3c2sc2ccccc23)c1. The third-order valence-corrected chi connectivity index (χ3v) is 10.3. The van der Waals surface area contributed by atoms with Crippen LogP contribution in [0.3, 0.4) is 0 Å². The molecular formula is C44H24N6OS. The monoisotopic (exact) mass is 684 g/mol. The van der Waals surface area contributed by atoms with Crippen molar-refractivity contribution in [1.82, 2.24) is 24.9 Å². The van der Waals surface area contributed by atoms with Crippen LogP contribution in [0.4, 0.5) is 0 Å². The molecular weight excluding hydrogens is 661 g/mol. The van der Waals surface area contributed by atoms with Crippen molar-refractivity contribution in [2.24, 2.45) is 0 Å². The second-order valence-corrected chi connectivity index (χ2v) is 13.5. The maximum absolute atomic E-state index is 9.64. The zero-order valence-electron chi connectivity index (χ0n) is 27.4. The molecule has 0 saturated carbocycles. The summed E-state index contributed by atoms with van der Waals surface area (Å²) in [4.78, 5) is 24.9. The predicted octanol–water partition coefficient (Wildman–Crippen LogP) is 11.1. The van der Waals surface area contributed by atoms with Crippen LogP contribution >= 0.6 is 11.3 Å². The quantitative estimate of drug-likeness (QED) is 0.178. The van der Waals surface area contributed by atoms with E-state index in [9.17, 15) is 5.26 Å². The zero-order chi connectivity index (χ0) is 34.6. The standard InChI is InChI=1S/C44H24N6OS/c45-25-26-10-9-15-29(22-26)38-40-39(33-16-7-8-17-37(33)52-40)47-43(46-38)30-19-21-35-34(23-30)32-20-18-31(24-36(32)51-35)44-49-41(27-11-3-1-4-12-27)48-42(50-44)28-13-5-2-6-14-28/h1-24H. The second-order valence-electron chi connectivity index (χ2n) is 12.4. The van der Waals surface area contributed by atoms with Gasteiger partial charge in [0.2, 0.25) is 0 Å². The molecule has 0 aliphatic carbocycles. The minimum absolute atomic E-state index is 0.563. The molecule has 0 bridgehead atoms. The van der Waals surface area contributed by atoms with E-state index in [1.54, 1.807) is 11.3 Å². The van der Waals surface area contributed by atoms with Crippen molar-refractivity contribution >= 4 is 53.6 Å². The fourth-order valence-corrected chi connectivity index (χ4v) is 7.80. The number of nitriles is 1. The van der Waals surface area contributed by atoms with E-state index in [-0.39, 0.29) is 0 Å². The highest BCUT2D eigenvalue weighted by atomic mass is 32.1. The van der Waals surface area contributed by atoms with Gasteiger partial charge in [0, 0.05) is 48.7 Å². The van der Waals surface area contributed by atoms with E-state index in [0.29, 0.717) is 28.9 Å². The van der Waals surface area contributed by atoms with Crippen molar-refractivity contribution < 1.29 is 4.42 Å². The van der Waals surface area contributed by atoms with Crippen molar-refractivity contribution in [3.63, 3.8) is 0 Å². The lowest BCUT2D eigenvalue weighted by Gasteiger charge is -2.08. The van der Waals surface area contributed by atoms with Gasteiger partial charge in [-0.1, -0.05) is 97.1 Å². The predicted molar refractivity (Wildman–Crippen MR) is 207 cm³/mol. The molecule has 0 radical (unpaired) electrons. The number of benzene rings is 6. The van der Waals surface area contributed by atoms with Gasteiger partial charge in [-0.3, -0.25) is 0 Å². The number of furan rings is 1. The Morgan fingerprint density at radius 1 is 0.462 bits per heavy atom. The average Bonchev–Trinajstić information content (AvgIpc) is 3.78. The first-order chi connectivity index (χ1) is 25.7. The highest BCUT2D eigenvalue weighted by molar-refractivity contribution is 7.26. The molecule has 0 amide bonds. The van der Waals surface area contributed by atoms with E-state index in [1.807, 2.05) is 121 Å². The van der Waals surface area contributed by atoms with Crippen molar-refractivity contribution in [2.75, 3.05) is 0 Å². The van der Waals surface area contributed by atoms with Crippen LogP contribution in [-0.2, 0) is 0 Å². The highest BCUT2D eigenvalue weighted by Gasteiger charge is 2.19. The van der Waals surface area contributed by atoms with Gasteiger partial charge in [0.25, 0.3) is 0 Å². The summed E-state index contributed by atoms with van der Waals surface area (Å²) >= 11 is 1.67. The normalized spacial score (nSPS) is 11.4. The Morgan fingerprint density at radius 3 is 1.85 bits per heavy atom. The van der Waals surface area contributed by atoms with Crippen molar-refractivity contribution in [3.05, 3.63) is 151 Å². The molecule has 10 rings (SSSR count). The third-order valence-electron chi connectivity index (χ3n) is 9.17. The molecule has 0 N–H and O–H groups in total. The van der Waals surface area contributed by atoms with Crippen LogP contribution in [0.5, 0.6) is 0 Å². The minimum Gasteiger partial charge on any atom is -0.456 e. The molecule has 0 atom stereocenters. The number of aromatic nitrogens is 5. The van der Waals surface area contributed by atoms with Gasteiger partial charge in [0.05, 0.1) is 27.5 Å². The Kier molecular flexibility index (Phi) is 6.91. The summed E-state index contributed by atoms with van der Waals surface area (Å²) in [6.45, 7) is 0. The van der Waals surface area contributed by atoms with Gasteiger partial charge in [0.15, 0.2) is 23.3 Å². The first-order valence-electron chi connectivity index (χ1n) is 16.7. The fraction of sp³-hybridized carbons (Fsp3) is 0. The molecule has 0 spiro atoms. The molecule has 8 heteroatoms. The van der Waals surface area contributed by atoms with Gasteiger partial charge in [0.1, 0.15) is 11.2 Å². The molecule has 10 aromatic rings. The Bertz CT molecular complexity index is 2980. The maximum Gasteiger partial charge on any atom is 0.164 e. The molecule has 0 saturated heterocycles. The Balaban J connectivity index is 1.11. The Hall–Kier alpha value is -7.08. The van der Waals surface area contributed by atoms with Gasteiger partial charge >= 0.3 is 0 Å². The first kappa shape index (κ1) is 29.8. The lowest BCUT2D eigenvalue weighted by Crippen LogP contribution is -2.00. The molecule has 7 nitrogen and oxygen atoms in total. The van der Waals surface area contributed by atoms with Crippen molar-refractivity contribution in [2.45, 2.75) is 0 Å². The maximum atomic E-state index is 9.64. The summed E-state index contributed by atoms with van der Waals surface area (Å²) in [6, 6.07) is 50.2. The van der Waals surface area contributed by atoms with Crippen LogP contribution in [0.1, 0.15) is 5.56 Å². The summed E-state index contributed by atoms with van der Waals surface area (Å²) in [5, 5.41) is 12.6. The van der Waals surface area contributed by atoms with Crippen LogP contribution in [0.15, 0.2) is 150 Å². The smallest absolute Gasteiger partial charge is 0.164 e. The molecule has 0 aliphatic heterocycles. The lowest BCUT2D eigenvalue weighted by molar-refractivity contribution is 0.669. The van der Waals surface area contributed by atoms with E-state index >= 15 is 0 Å².